The summed E-state index contributed by atoms with van der Waals surface area (Å²) >= 11 is 0. The van der Waals surface area contributed by atoms with Gasteiger partial charge in [0.1, 0.15) is 6.61 Å². The fraction of sp³-hybridized carbons (Fsp3) is 0.833. The topological polar surface area (TPSA) is 70.1 Å². The van der Waals surface area contributed by atoms with Crippen LogP contribution in [0.3, 0.4) is 0 Å². The van der Waals surface area contributed by atoms with E-state index in [-0.39, 0.29) is 25.1 Å². The normalized spacial score (nSPS) is 27.5. The molecule has 1 atom stereocenters. The molecule has 2 saturated heterocycles. The van der Waals surface area contributed by atoms with E-state index in [1.807, 2.05) is 0 Å². The van der Waals surface area contributed by atoms with Crippen LogP contribution in [0, 0.1) is 0 Å². The van der Waals surface area contributed by atoms with Crippen molar-refractivity contribution in [2.45, 2.75) is 31.9 Å². The van der Waals surface area contributed by atoms with Crippen LogP contribution in [0.25, 0.3) is 0 Å². The summed E-state index contributed by atoms with van der Waals surface area (Å²) in [6, 6.07) is 0.172. The van der Waals surface area contributed by atoms with E-state index in [0.717, 1.165) is 32.5 Å². The first-order valence-corrected chi connectivity index (χ1v) is 6.48. The van der Waals surface area contributed by atoms with E-state index in [1.165, 1.54) is 0 Å². The smallest absolute Gasteiger partial charge is 0.334 e. The van der Waals surface area contributed by atoms with E-state index in [2.05, 4.69) is 11.8 Å². The maximum atomic E-state index is 11.8. The number of piperidine rings is 1. The lowest BCUT2D eigenvalue weighted by atomic mass is 10.0. The number of ether oxygens (including phenoxy) is 1. The first kappa shape index (κ1) is 13.3. The Morgan fingerprint density at radius 3 is 2.67 bits per heavy atom. The second-order valence-electron chi connectivity index (χ2n) is 4.85. The van der Waals surface area contributed by atoms with Crippen LogP contribution in [-0.4, -0.2) is 71.7 Å². The summed E-state index contributed by atoms with van der Waals surface area (Å²) in [4.78, 5) is 26.8. The van der Waals surface area contributed by atoms with E-state index < -0.39 is 12.1 Å². The number of carboxylic acids is 1. The molecule has 6 nitrogen and oxygen atoms in total. The highest BCUT2D eigenvalue weighted by Gasteiger charge is 2.35. The molecule has 0 spiro atoms. The zero-order chi connectivity index (χ0) is 13.1. The largest absolute Gasteiger partial charge is 0.479 e. The highest BCUT2D eigenvalue weighted by atomic mass is 16.5. The first-order chi connectivity index (χ1) is 8.61. The summed E-state index contributed by atoms with van der Waals surface area (Å²) in [7, 11) is 0. The standard InChI is InChI=1S/C12H20N2O4/c1-2-13-5-3-9(4-6-13)14-7-10(12(16)17)18-8-11(14)15/h9-10H,2-8H2,1H3,(H,16,17). The Labute approximate surface area is 106 Å². The average molecular weight is 256 g/mol. The lowest BCUT2D eigenvalue weighted by Gasteiger charge is -2.41. The van der Waals surface area contributed by atoms with Crippen molar-refractivity contribution in [3.8, 4) is 0 Å². The van der Waals surface area contributed by atoms with E-state index in [4.69, 9.17) is 9.84 Å². The monoisotopic (exact) mass is 256 g/mol. The molecular formula is C12H20N2O4. The number of amides is 1. The molecule has 1 unspecified atom stereocenters. The van der Waals surface area contributed by atoms with Gasteiger partial charge in [-0.1, -0.05) is 6.92 Å². The summed E-state index contributed by atoms with van der Waals surface area (Å²) in [6.07, 6.45) is 0.976. The SMILES string of the molecule is CCN1CCC(N2CC(C(=O)O)OCC2=O)CC1. The van der Waals surface area contributed by atoms with E-state index in [1.54, 1.807) is 4.90 Å². The lowest BCUT2D eigenvalue weighted by molar-refractivity contribution is -0.167. The molecule has 0 aromatic heterocycles. The fourth-order valence-corrected chi connectivity index (χ4v) is 2.64. The molecule has 0 saturated carbocycles. The third-order valence-corrected chi connectivity index (χ3v) is 3.81. The quantitative estimate of drug-likeness (QED) is 0.756. The van der Waals surface area contributed by atoms with Crippen molar-refractivity contribution in [2.75, 3.05) is 32.8 Å². The molecule has 2 fully saturated rings. The summed E-state index contributed by atoms with van der Waals surface area (Å²) in [5, 5.41) is 8.95. The average Bonchev–Trinajstić information content (AvgIpc) is 2.39. The predicted molar refractivity (Wildman–Crippen MR) is 64.2 cm³/mol. The van der Waals surface area contributed by atoms with E-state index in [0.29, 0.717) is 0 Å². The second kappa shape index (κ2) is 5.67. The Morgan fingerprint density at radius 1 is 1.44 bits per heavy atom. The van der Waals surface area contributed by atoms with Crippen molar-refractivity contribution >= 4 is 11.9 Å². The van der Waals surface area contributed by atoms with Crippen LogP contribution >= 0.6 is 0 Å². The molecule has 1 amide bonds. The number of likely N-dealkylation sites (tertiary alicyclic amines) is 1. The van der Waals surface area contributed by atoms with Crippen LogP contribution in [0.5, 0.6) is 0 Å². The molecular weight excluding hydrogens is 236 g/mol. The van der Waals surface area contributed by atoms with Crippen molar-refractivity contribution in [3.63, 3.8) is 0 Å². The molecule has 2 rings (SSSR count). The maximum Gasteiger partial charge on any atom is 0.334 e. The number of nitrogens with zero attached hydrogens (tertiary/aromatic N) is 2. The van der Waals surface area contributed by atoms with Gasteiger partial charge >= 0.3 is 5.97 Å². The van der Waals surface area contributed by atoms with Crippen molar-refractivity contribution < 1.29 is 19.4 Å². The number of hydrogen-bond donors (Lipinski definition) is 1. The molecule has 2 aliphatic rings. The van der Waals surface area contributed by atoms with Gasteiger partial charge in [-0.2, -0.15) is 0 Å². The van der Waals surface area contributed by atoms with Gasteiger partial charge < -0.3 is 19.6 Å². The van der Waals surface area contributed by atoms with Gasteiger partial charge in [0.25, 0.3) is 0 Å². The van der Waals surface area contributed by atoms with Gasteiger partial charge in [-0.15, -0.1) is 0 Å². The third kappa shape index (κ3) is 2.81. The number of morpholine rings is 1. The highest BCUT2D eigenvalue weighted by Crippen LogP contribution is 2.20. The van der Waals surface area contributed by atoms with E-state index in [9.17, 15) is 9.59 Å². The van der Waals surface area contributed by atoms with Crippen molar-refractivity contribution in [1.82, 2.24) is 9.80 Å². The maximum absolute atomic E-state index is 11.8. The third-order valence-electron chi connectivity index (χ3n) is 3.81. The minimum absolute atomic E-state index is 0.0811. The number of carboxylic acid groups (broad SMARTS) is 1. The summed E-state index contributed by atoms with van der Waals surface area (Å²) in [6.45, 7) is 5.19. The predicted octanol–water partition coefficient (Wildman–Crippen LogP) is -0.217. The van der Waals surface area contributed by atoms with Gasteiger partial charge in [-0.25, -0.2) is 4.79 Å². The number of rotatable bonds is 3. The molecule has 1 N–H and O–H groups in total. The van der Waals surface area contributed by atoms with Crippen molar-refractivity contribution in [2.24, 2.45) is 0 Å². The number of hydrogen-bond acceptors (Lipinski definition) is 4. The van der Waals surface area contributed by atoms with Crippen LogP contribution in [0.1, 0.15) is 19.8 Å². The summed E-state index contributed by atoms with van der Waals surface area (Å²) in [5.74, 6) is -1.07. The minimum atomic E-state index is -0.988. The van der Waals surface area contributed by atoms with Crippen molar-refractivity contribution in [1.29, 1.82) is 0 Å². The Hall–Kier alpha value is -1.14. The molecule has 0 aliphatic carbocycles. The zero-order valence-electron chi connectivity index (χ0n) is 10.7. The number of carbonyl (C=O) groups excluding carboxylic acids is 1. The Kier molecular flexibility index (Phi) is 4.19. The molecule has 6 heteroatoms. The van der Waals surface area contributed by atoms with Crippen molar-refractivity contribution in [3.05, 3.63) is 0 Å². The van der Waals surface area contributed by atoms with Gasteiger partial charge in [-0.05, 0) is 19.4 Å². The molecule has 2 aliphatic heterocycles. The molecule has 2 heterocycles. The minimum Gasteiger partial charge on any atom is -0.479 e. The Bertz CT molecular complexity index is 326. The molecule has 0 aromatic carbocycles. The van der Waals surface area contributed by atoms with E-state index >= 15 is 0 Å². The molecule has 18 heavy (non-hydrogen) atoms. The molecule has 0 aromatic rings. The van der Waals surface area contributed by atoms with Gasteiger partial charge in [0.2, 0.25) is 5.91 Å². The summed E-state index contributed by atoms with van der Waals surface area (Å²) < 4.78 is 5.01. The summed E-state index contributed by atoms with van der Waals surface area (Å²) in [5.41, 5.74) is 0. The van der Waals surface area contributed by atoms with Gasteiger partial charge in [0.05, 0.1) is 6.54 Å². The first-order valence-electron chi connectivity index (χ1n) is 6.48. The van der Waals surface area contributed by atoms with Crippen LogP contribution in [0.15, 0.2) is 0 Å². The zero-order valence-corrected chi connectivity index (χ0v) is 10.7. The van der Waals surface area contributed by atoms with Gasteiger partial charge in [0, 0.05) is 19.1 Å². The van der Waals surface area contributed by atoms with Crippen LogP contribution in [-0.2, 0) is 14.3 Å². The lowest BCUT2D eigenvalue weighted by Crippen LogP contribution is -2.55. The van der Waals surface area contributed by atoms with Crippen LogP contribution in [0.4, 0.5) is 0 Å². The van der Waals surface area contributed by atoms with Crippen LogP contribution in [0.2, 0.25) is 0 Å². The number of aliphatic carboxylic acids is 1. The molecule has 102 valence electrons. The molecule has 0 radical (unpaired) electrons. The Balaban J connectivity index is 1.94. The fourth-order valence-electron chi connectivity index (χ4n) is 2.64. The van der Waals surface area contributed by atoms with Crippen LogP contribution < -0.4 is 0 Å². The van der Waals surface area contributed by atoms with Gasteiger partial charge in [-0.3, -0.25) is 4.79 Å². The Morgan fingerprint density at radius 2 is 2.11 bits per heavy atom. The molecule has 0 bridgehead atoms. The highest BCUT2D eigenvalue weighted by molar-refractivity contribution is 5.81. The number of carbonyl (C=O) groups is 2. The van der Waals surface area contributed by atoms with Gasteiger partial charge in [0.15, 0.2) is 6.10 Å². The second-order valence-corrected chi connectivity index (χ2v) is 4.85.